The van der Waals surface area contributed by atoms with Gasteiger partial charge in [0.2, 0.25) is 0 Å². The molecule has 2 N–H and O–H groups in total. The maximum Gasteiger partial charge on any atom is 0.0832 e. The Morgan fingerprint density at radius 1 is 1.17 bits per heavy atom. The molecule has 0 saturated heterocycles. The lowest BCUT2D eigenvalue weighted by molar-refractivity contribution is -0.0902. The van der Waals surface area contributed by atoms with Gasteiger partial charge in [-0.15, -0.1) is 0 Å². The first-order chi connectivity index (χ1) is 8.64. The largest absolute Gasteiger partial charge is 0.374 e. The molecule has 108 valence electrons. The lowest BCUT2D eigenvalue weighted by atomic mass is 9.74. The molecule has 1 unspecified atom stereocenters. The van der Waals surface area contributed by atoms with Gasteiger partial charge in [-0.3, -0.25) is 0 Å². The van der Waals surface area contributed by atoms with Gasteiger partial charge in [0, 0.05) is 12.6 Å². The zero-order valence-corrected chi connectivity index (χ0v) is 12.7. The van der Waals surface area contributed by atoms with Gasteiger partial charge in [-0.2, -0.15) is 0 Å². The van der Waals surface area contributed by atoms with Crippen LogP contribution in [0.5, 0.6) is 0 Å². The van der Waals surface area contributed by atoms with E-state index in [1.54, 1.807) is 0 Å². The van der Waals surface area contributed by atoms with E-state index in [0.29, 0.717) is 0 Å². The highest BCUT2D eigenvalue weighted by molar-refractivity contribution is 4.94. The maximum atomic E-state index is 6.47. The molecule has 0 aliphatic heterocycles. The van der Waals surface area contributed by atoms with Gasteiger partial charge >= 0.3 is 0 Å². The Hall–Kier alpha value is -0.0800. The van der Waals surface area contributed by atoms with Crippen molar-refractivity contribution in [3.63, 3.8) is 0 Å². The van der Waals surface area contributed by atoms with E-state index in [9.17, 15) is 0 Å². The zero-order valence-electron chi connectivity index (χ0n) is 12.7. The molecule has 1 rings (SSSR count). The topological polar surface area (TPSA) is 35.2 Å². The van der Waals surface area contributed by atoms with Crippen LogP contribution in [0, 0.1) is 5.92 Å². The molecule has 0 aromatic heterocycles. The van der Waals surface area contributed by atoms with Crippen molar-refractivity contribution in [1.29, 1.82) is 0 Å². The van der Waals surface area contributed by atoms with Crippen LogP contribution in [-0.4, -0.2) is 18.2 Å². The van der Waals surface area contributed by atoms with Crippen molar-refractivity contribution in [1.82, 2.24) is 0 Å². The van der Waals surface area contributed by atoms with Crippen molar-refractivity contribution >= 4 is 0 Å². The van der Waals surface area contributed by atoms with Gasteiger partial charge in [0.25, 0.3) is 0 Å². The second-order valence-corrected chi connectivity index (χ2v) is 6.14. The Morgan fingerprint density at radius 3 is 2.39 bits per heavy atom. The predicted octanol–water partition coefficient (Wildman–Crippen LogP) is 4.27. The van der Waals surface area contributed by atoms with Crippen LogP contribution in [0.4, 0.5) is 0 Å². The highest BCUT2D eigenvalue weighted by atomic mass is 16.5. The van der Waals surface area contributed by atoms with Crippen LogP contribution in [0.15, 0.2) is 0 Å². The van der Waals surface area contributed by atoms with E-state index in [-0.39, 0.29) is 11.6 Å². The summed E-state index contributed by atoms with van der Waals surface area (Å²) in [5.41, 5.74) is 6.47. The summed E-state index contributed by atoms with van der Waals surface area (Å²) in [5.74, 6) is 0.853. The van der Waals surface area contributed by atoms with Crippen LogP contribution >= 0.6 is 0 Å². The van der Waals surface area contributed by atoms with Crippen molar-refractivity contribution in [3.8, 4) is 0 Å². The summed E-state index contributed by atoms with van der Waals surface area (Å²) in [4.78, 5) is 0. The van der Waals surface area contributed by atoms with Gasteiger partial charge in [-0.1, -0.05) is 39.5 Å². The van der Waals surface area contributed by atoms with Crippen LogP contribution in [0.1, 0.15) is 78.6 Å². The van der Waals surface area contributed by atoms with Crippen LogP contribution < -0.4 is 5.73 Å². The van der Waals surface area contributed by atoms with Crippen molar-refractivity contribution in [3.05, 3.63) is 0 Å². The maximum absolute atomic E-state index is 6.47. The second-order valence-electron chi connectivity index (χ2n) is 6.14. The number of hydrogen-bond acceptors (Lipinski definition) is 2. The minimum absolute atomic E-state index is 0.00647. The van der Waals surface area contributed by atoms with E-state index in [0.717, 1.165) is 31.8 Å². The van der Waals surface area contributed by atoms with Gasteiger partial charge in [-0.25, -0.2) is 0 Å². The quantitative estimate of drug-likeness (QED) is 0.657. The second kappa shape index (κ2) is 8.16. The average molecular weight is 255 g/mol. The van der Waals surface area contributed by atoms with E-state index in [1.807, 2.05) is 0 Å². The molecule has 2 heteroatoms. The fourth-order valence-corrected chi connectivity index (χ4v) is 3.21. The lowest BCUT2D eigenvalue weighted by Gasteiger charge is -2.43. The van der Waals surface area contributed by atoms with Crippen molar-refractivity contribution in [2.24, 2.45) is 11.7 Å². The Labute approximate surface area is 114 Å². The number of nitrogens with two attached hydrogens (primary N) is 1. The van der Waals surface area contributed by atoms with E-state index in [2.05, 4.69) is 20.8 Å². The van der Waals surface area contributed by atoms with Gasteiger partial charge in [0.05, 0.1) is 5.60 Å². The van der Waals surface area contributed by atoms with E-state index >= 15 is 0 Å². The molecule has 0 spiro atoms. The summed E-state index contributed by atoms with van der Waals surface area (Å²) in [7, 11) is 0. The van der Waals surface area contributed by atoms with E-state index in [1.165, 1.54) is 38.5 Å². The van der Waals surface area contributed by atoms with Gasteiger partial charge in [-0.05, 0) is 44.9 Å². The third kappa shape index (κ3) is 4.55. The molecule has 1 aliphatic rings. The summed E-state index contributed by atoms with van der Waals surface area (Å²) >= 11 is 0. The molecule has 0 bridgehead atoms. The molecule has 1 saturated carbocycles. The molecule has 0 aromatic carbocycles. The fraction of sp³-hybridized carbons (Fsp3) is 1.00. The SMILES string of the molecule is CCCCCCC(N)C1(OCC)CCC(C)CC1. The average Bonchev–Trinajstić information content (AvgIpc) is 2.37. The zero-order chi connectivity index (χ0) is 13.4. The fourth-order valence-electron chi connectivity index (χ4n) is 3.21. The molecule has 2 nitrogen and oxygen atoms in total. The number of hydrogen-bond donors (Lipinski definition) is 1. The summed E-state index contributed by atoms with van der Waals surface area (Å²) in [6, 6.07) is 0.238. The molecule has 1 atom stereocenters. The van der Waals surface area contributed by atoms with Crippen molar-refractivity contribution in [2.45, 2.75) is 90.2 Å². The Balaban J connectivity index is 2.44. The Kier molecular flexibility index (Phi) is 7.25. The van der Waals surface area contributed by atoms with Crippen LogP contribution in [0.25, 0.3) is 0 Å². The molecule has 1 aliphatic carbocycles. The van der Waals surface area contributed by atoms with Crippen LogP contribution in [0.2, 0.25) is 0 Å². The van der Waals surface area contributed by atoms with E-state index < -0.39 is 0 Å². The predicted molar refractivity (Wildman–Crippen MR) is 78.7 cm³/mol. The molecule has 0 radical (unpaired) electrons. The minimum atomic E-state index is -0.00647. The summed E-state index contributed by atoms with van der Waals surface area (Å²) in [5, 5.41) is 0. The van der Waals surface area contributed by atoms with Crippen molar-refractivity contribution in [2.75, 3.05) is 6.61 Å². The highest BCUT2D eigenvalue weighted by Gasteiger charge is 2.39. The summed E-state index contributed by atoms with van der Waals surface area (Å²) in [6.07, 6.45) is 11.2. The third-order valence-electron chi connectivity index (χ3n) is 4.60. The smallest absolute Gasteiger partial charge is 0.0832 e. The van der Waals surface area contributed by atoms with Gasteiger partial charge in [0.1, 0.15) is 0 Å². The van der Waals surface area contributed by atoms with Crippen molar-refractivity contribution < 1.29 is 4.74 Å². The van der Waals surface area contributed by atoms with Crippen LogP contribution in [-0.2, 0) is 4.74 Å². The number of ether oxygens (including phenoxy) is 1. The normalized spacial score (nSPS) is 30.3. The first-order valence-electron chi connectivity index (χ1n) is 8.04. The molecule has 0 aromatic rings. The van der Waals surface area contributed by atoms with Gasteiger partial charge < -0.3 is 10.5 Å². The summed E-state index contributed by atoms with van der Waals surface area (Å²) in [6.45, 7) is 7.51. The summed E-state index contributed by atoms with van der Waals surface area (Å²) < 4.78 is 6.11. The van der Waals surface area contributed by atoms with Gasteiger partial charge in [0.15, 0.2) is 0 Å². The Bertz CT molecular complexity index is 209. The standard InChI is InChI=1S/C16H33NO/c1-4-6-7-8-9-15(17)16(18-5-2)12-10-14(3)11-13-16/h14-15H,4-13,17H2,1-3H3. The first-order valence-corrected chi connectivity index (χ1v) is 8.04. The third-order valence-corrected chi connectivity index (χ3v) is 4.60. The molecular weight excluding hydrogens is 222 g/mol. The molecule has 0 amide bonds. The highest BCUT2D eigenvalue weighted by Crippen LogP contribution is 2.38. The van der Waals surface area contributed by atoms with Crippen LogP contribution in [0.3, 0.4) is 0 Å². The molecular formula is C16H33NO. The molecule has 18 heavy (non-hydrogen) atoms. The molecule has 0 heterocycles. The number of unbranched alkanes of at least 4 members (excludes halogenated alkanes) is 3. The minimum Gasteiger partial charge on any atom is -0.374 e. The Morgan fingerprint density at radius 2 is 1.83 bits per heavy atom. The monoisotopic (exact) mass is 255 g/mol. The molecule has 1 fully saturated rings. The van der Waals surface area contributed by atoms with E-state index in [4.69, 9.17) is 10.5 Å². The first kappa shape index (κ1) is 16.0. The lowest BCUT2D eigenvalue weighted by Crippen LogP contribution is -2.52. The number of rotatable bonds is 8.